The van der Waals surface area contributed by atoms with Crippen LogP contribution in [0.15, 0.2) is 72.3 Å². The molecular weight excluding hydrogens is 308 g/mol. The van der Waals surface area contributed by atoms with E-state index in [0.29, 0.717) is 11.3 Å². The first-order valence-corrected chi connectivity index (χ1v) is 8.33. The number of aryl methyl sites for hydroxylation is 2. The fraction of sp³-hybridized carbons (Fsp3) is 0.0870. The highest BCUT2D eigenvalue weighted by Gasteiger charge is 2.22. The first-order valence-electron chi connectivity index (χ1n) is 8.33. The maximum absolute atomic E-state index is 12.3. The van der Waals surface area contributed by atoms with Gasteiger partial charge < -0.3 is 4.74 Å². The first-order chi connectivity index (χ1) is 12.1. The van der Waals surface area contributed by atoms with Crippen LogP contribution in [-0.4, -0.2) is 5.97 Å². The van der Waals surface area contributed by atoms with Crippen LogP contribution in [0, 0.1) is 13.8 Å². The van der Waals surface area contributed by atoms with Gasteiger partial charge >= 0.3 is 5.97 Å². The number of benzene rings is 3. The molecule has 2 nitrogen and oxygen atoms in total. The van der Waals surface area contributed by atoms with Crippen molar-refractivity contribution in [2.45, 2.75) is 13.8 Å². The molecule has 0 bridgehead atoms. The molecule has 4 rings (SSSR count). The smallest absolute Gasteiger partial charge is 0.343 e. The summed E-state index contributed by atoms with van der Waals surface area (Å²) < 4.78 is 5.49. The van der Waals surface area contributed by atoms with Crippen LogP contribution in [0.5, 0.6) is 0 Å². The fourth-order valence-electron chi connectivity index (χ4n) is 3.07. The maximum atomic E-state index is 12.3. The van der Waals surface area contributed by atoms with Gasteiger partial charge in [-0.3, -0.25) is 0 Å². The van der Waals surface area contributed by atoms with Crippen LogP contribution < -0.4 is 0 Å². The molecule has 0 saturated carbocycles. The molecular formula is C23H18O2. The molecule has 122 valence electrons. The van der Waals surface area contributed by atoms with Crippen molar-refractivity contribution in [2.75, 3.05) is 0 Å². The number of cyclic esters (lactones) is 1. The van der Waals surface area contributed by atoms with Gasteiger partial charge in [-0.05, 0) is 59.5 Å². The summed E-state index contributed by atoms with van der Waals surface area (Å²) in [6.07, 6.45) is 3.73. The molecule has 3 aromatic rings. The Bertz CT molecular complexity index is 1050. The molecule has 0 fully saturated rings. The van der Waals surface area contributed by atoms with Crippen molar-refractivity contribution < 1.29 is 9.53 Å². The van der Waals surface area contributed by atoms with E-state index in [1.807, 2.05) is 48.6 Å². The summed E-state index contributed by atoms with van der Waals surface area (Å²) in [5.74, 6) is 0.306. The van der Waals surface area contributed by atoms with Gasteiger partial charge in [-0.25, -0.2) is 4.79 Å². The van der Waals surface area contributed by atoms with Gasteiger partial charge in [0.15, 0.2) is 0 Å². The van der Waals surface area contributed by atoms with E-state index < -0.39 is 0 Å². The van der Waals surface area contributed by atoms with Crippen molar-refractivity contribution in [3.63, 3.8) is 0 Å². The number of rotatable bonds is 2. The Labute approximate surface area is 147 Å². The lowest BCUT2D eigenvalue weighted by Crippen LogP contribution is -1.97. The second-order valence-corrected chi connectivity index (χ2v) is 6.37. The van der Waals surface area contributed by atoms with E-state index in [1.54, 1.807) is 0 Å². The summed E-state index contributed by atoms with van der Waals surface area (Å²) in [6.45, 7) is 4.13. The third kappa shape index (κ3) is 2.87. The average molecular weight is 326 g/mol. The molecule has 0 N–H and O–H groups in total. The Hall–Kier alpha value is -3.13. The van der Waals surface area contributed by atoms with Gasteiger partial charge in [0.1, 0.15) is 5.76 Å². The average Bonchev–Trinajstić information content (AvgIpc) is 2.98. The summed E-state index contributed by atoms with van der Waals surface area (Å²) in [4.78, 5) is 12.3. The van der Waals surface area contributed by atoms with E-state index in [1.165, 1.54) is 11.1 Å². The number of carbonyl (C=O) groups excluding carboxylic acids is 1. The van der Waals surface area contributed by atoms with Gasteiger partial charge in [-0.2, -0.15) is 0 Å². The lowest BCUT2D eigenvalue weighted by Gasteiger charge is -2.05. The third-order valence-electron chi connectivity index (χ3n) is 4.65. The van der Waals surface area contributed by atoms with E-state index in [-0.39, 0.29) is 5.97 Å². The van der Waals surface area contributed by atoms with Crippen LogP contribution in [0.1, 0.15) is 22.3 Å². The predicted molar refractivity (Wildman–Crippen MR) is 102 cm³/mol. The van der Waals surface area contributed by atoms with Crippen molar-refractivity contribution in [3.8, 4) is 0 Å². The Morgan fingerprint density at radius 2 is 1.68 bits per heavy atom. The number of esters is 1. The monoisotopic (exact) mass is 326 g/mol. The molecule has 1 aliphatic rings. The molecule has 0 unspecified atom stereocenters. The van der Waals surface area contributed by atoms with Gasteiger partial charge in [0, 0.05) is 5.56 Å². The van der Waals surface area contributed by atoms with Gasteiger partial charge in [-0.1, -0.05) is 54.6 Å². The quantitative estimate of drug-likeness (QED) is 0.463. The zero-order chi connectivity index (χ0) is 17.4. The highest BCUT2D eigenvalue weighted by atomic mass is 16.5. The van der Waals surface area contributed by atoms with Crippen LogP contribution in [0.3, 0.4) is 0 Å². The number of hydrogen-bond acceptors (Lipinski definition) is 2. The maximum Gasteiger partial charge on any atom is 0.343 e. The molecule has 0 atom stereocenters. The number of carbonyl (C=O) groups is 1. The molecule has 0 spiro atoms. The Kier molecular flexibility index (Phi) is 3.73. The standard InChI is InChI=1S/C23H18O2/c1-15-10-11-19(12-16(15)2)22-14-20(23(24)25-22)13-18-8-5-7-17-6-3-4-9-21(17)18/h3-14H,1-2H3/b20-13-. The van der Waals surface area contributed by atoms with E-state index in [2.05, 4.69) is 38.1 Å². The van der Waals surface area contributed by atoms with Crippen LogP contribution >= 0.6 is 0 Å². The Morgan fingerprint density at radius 3 is 2.52 bits per heavy atom. The number of ether oxygens (including phenoxy) is 1. The summed E-state index contributed by atoms with van der Waals surface area (Å²) in [5, 5.41) is 2.28. The predicted octanol–water partition coefficient (Wildman–Crippen LogP) is 5.44. The van der Waals surface area contributed by atoms with Crippen LogP contribution in [0.25, 0.3) is 22.6 Å². The van der Waals surface area contributed by atoms with E-state index in [0.717, 1.165) is 21.9 Å². The molecule has 0 radical (unpaired) electrons. The topological polar surface area (TPSA) is 26.3 Å². The summed E-state index contributed by atoms with van der Waals surface area (Å²) in [5.41, 5.74) is 4.92. The van der Waals surface area contributed by atoms with E-state index in [4.69, 9.17) is 4.74 Å². The minimum Gasteiger partial charge on any atom is -0.422 e. The largest absolute Gasteiger partial charge is 0.422 e. The summed E-state index contributed by atoms with van der Waals surface area (Å²) >= 11 is 0. The van der Waals surface area contributed by atoms with Crippen molar-refractivity contribution in [2.24, 2.45) is 0 Å². The lowest BCUT2D eigenvalue weighted by molar-refractivity contribution is -0.130. The molecule has 3 aromatic carbocycles. The van der Waals surface area contributed by atoms with Crippen LogP contribution in [-0.2, 0) is 9.53 Å². The van der Waals surface area contributed by atoms with Crippen molar-refractivity contribution >= 4 is 28.6 Å². The molecule has 1 aliphatic heterocycles. The first kappa shape index (κ1) is 15.4. The van der Waals surface area contributed by atoms with Crippen molar-refractivity contribution in [1.29, 1.82) is 0 Å². The zero-order valence-corrected chi connectivity index (χ0v) is 14.2. The van der Waals surface area contributed by atoms with Crippen LogP contribution in [0.2, 0.25) is 0 Å². The second-order valence-electron chi connectivity index (χ2n) is 6.37. The molecule has 0 aliphatic carbocycles. The minimum atomic E-state index is -0.304. The fourth-order valence-corrected chi connectivity index (χ4v) is 3.07. The second kappa shape index (κ2) is 6.06. The van der Waals surface area contributed by atoms with E-state index in [9.17, 15) is 4.79 Å². The molecule has 0 saturated heterocycles. The highest BCUT2D eigenvalue weighted by molar-refractivity contribution is 6.06. The Balaban J connectivity index is 1.77. The molecule has 2 heteroatoms. The van der Waals surface area contributed by atoms with Gasteiger partial charge in [0.05, 0.1) is 5.57 Å². The third-order valence-corrected chi connectivity index (χ3v) is 4.65. The van der Waals surface area contributed by atoms with Crippen LogP contribution in [0.4, 0.5) is 0 Å². The van der Waals surface area contributed by atoms with Gasteiger partial charge in [0.2, 0.25) is 0 Å². The lowest BCUT2D eigenvalue weighted by atomic mass is 10.0. The van der Waals surface area contributed by atoms with Gasteiger partial charge in [0.25, 0.3) is 0 Å². The summed E-state index contributed by atoms with van der Waals surface area (Å²) in [6, 6.07) is 20.3. The van der Waals surface area contributed by atoms with Gasteiger partial charge in [-0.15, -0.1) is 0 Å². The molecule has 25 heavy (non-hydrogen) atoms. The summed E-state index contributed by atoms with van der Waals surface area (Å²) in [7, 11) is 0. The molecule has 0 aromatic heterocycles. The number of fused-ring (bicyclic) bond motifs is 1. The Morgan fingerprint density at radius 1 is 0.880 bits per heavy atom. The highest BCUT2D eigenvalue weighted by Crippen LogP contribution is 2.30. The normalized spacial score (nSPS) is 15.5. The SMILES string of the molecule is Cc1ccc(C2=C/C(=C/c3cccc4ccccc34)C(=O)O2)cc1C. The minimum absolute atomic E-state index is 0.304. The number of hydrogen-bond donors (Lipinski definition) is 0. The van der Waals surface area contributed by atoms with Crippen molar-refractivity contribution in [1.82, 2.24) is 0 Å². The zero-order valence-electron chi connectivity index (χ0n) is 14.2. The molecule has 0 amide bonds. The van der Waals surface area contributed by atoms with E-state index >= 15 is 0 Å². The molecule has 1 heterocycles. The van der Waals surface area contributed by atoms with Crippen molar-refractivity contribution in [3.05, 3.63) is 94.6 Å².